The van der Waals surface area contributed by atoms with E-state index in [1.54, 1.807) is 53.5 Å². The van der Waals surface area contributed by atoms with Gasteiger partial charge in [-0.1, -0.05) is 48.5 Å². The fraction of sp³-hybridized carbons (Fsp3) is 0.176. The van der Waals surface area contributed by atoms with Gasteiger partial charge in [0.1, 0.15) is 6.61 Å². The lowest BCUT2D eigenvalue weighted by atomic mass is 10.1. The van der Waals surface area contributed by atoms with Gasteiger partial charge in [0.15, 0.2) is 11.6 Å². The molecule has 0 fully saturated rings. The van der Waals surface area contributed by atoms with Crippen molar-refractivity contribution in [2.24, 2.45) is 7.05 Å². The summed E-state index contributed by atoms with van der Waals surface area (Å²) in [6.45, 7) is 2.05. The number of anilines is 3. The molecule has 1 amide bonds. The van der Waals surface area contributed by atoms with E-state index in [-0.39, 0.29) is 24.1 Å². The Morgan fingerprint density at radius 3 is 2.50 bits per heavy atom. The average molecular weight is 591 g/mol. The van der Waals surface area contributed by atoms with Gasteiger partial charge in [0.2, 0.25) is 6.10 Å². The van der Waals surface area contributed by atoms with Crippen LogP contribution in [0.3, 0.4) is 0 Å². The first kappa shape index (κ1) is 29.8. The summed E-state index contributed by atoms with van der Waals surface area (Å²) in [5.41, 5.74) is 12.0. The molecule has 0 aliphatic rings. The molecule has 0 bridgehead atoms. The molecule has 44 heavy (non-hydrogen) atoms. The minimum Gasteiger partial charge on any atom is -0.470 e. The molecule has 10 nitrogen and oxygen atoms in total. The quantitative estimate of drug-likeness (QED) is 0.203. The summed E-state index contributed by atoms with van der Waals surface area (Å²) < 4.78 is 13.6. The van der Waals surface area contributed by atoms with E-state index in [4.69, 9.17) is 15.2 Å². The third-order valence-corrected chi connectivity index (χ3v) is 7.00. The molecule has 0 radical (unpaired) electrons. The van der Waals surface area contributed by atoms with Crippen molar-refractivity contribution in [1.82, 2.24) is 14.8 Å². The van der Waals surface area contributed by atoms with E-state index in [2.05, 4.69) is 15.4 Å². The molecule has 0 unspecified atom stereocenters. The van der Waals surface area contributed by atoms with Crippen molar-refractivity contribution in [2.75, 3.05) is 30.0 Å². The fourth-order valence-corrected chi connectivity index (χ4v) is 4.68. The van der Waals surface area contributed by atoms with Crippen LogP contribution in [0.4, 0.5) is 17.2 Å². The molecule has 0 aliphatic heterocycles. The second-order valence-electron chi connectivity index (χ2n) is 10.6. The van der Waals surface area contributed by atoms with Crippen molar-refractivity contribution in [2.45, 2.75) is 19.6 Å². The Morgan fingerprint density at radius 2 is 1.77 bits per heavy atom. The molecule has 1 atom stereocenters. The third-order valence-electron chi connectivity index (χ3n) is 7.00. The minimum absolute atomic E-state index is 0.0566. The molecule has 2 heterocycles. The van der Waals surface area contributed by atoms with Crippen molar-refractivity contribution < 1.29 is 19.1 Å². The summed E-state index contributed by atoms with van der Waals surface area (Å²) in [5, 5.41) is 7.15. The van der Waals surface area contributed by atoms with Crippen LogP contribution in [-0.4, -0.2) is 40.7 Å². The van der Waals surface area contributed by atoms with Crippen molar-refractivity contribution in [1.29, 1.82) is 0 Å². The van der Waals surface area contributed by atoms with Crippen molar-refractivity contribution >= 4 is 29.1 Å². The first-order valence-electron chi connectivity index (χ1n) is 14.0. The second-order valence-corrected chi connectivity index (χ2v) is 10.6. The second kappa shape index (κ2) is 13.1. The maximum absolute atomic E-state index is 13.6. The van der Waals surface area contributed by atoms with E-state index < -0.39 is 12.1 Å². The first-order valence-corrected chi connectivity index (χ1v) is 14.0. The molecule has 0 spiro atoms. The fourth-order valence-electron chi connectivity index (χ4n) is 4.68. The number of nitrogens with two attached hydrogens (primary N) is 1. The van der Waals surface area contributed by atoms with Crippen LogP contribution < -0.4 is 20.7 Å². The number of benzene rings is 3. The van der Waals surface area contributed by atoms with Crippen LogP contribution in [0.15, 0.2) is 97.5 Å². The zero-order valence-electron chi connectivity index (χ0n) is 25.0. The predicted octanol–water partition coefficient (Wildman–Crippen LogP) is 5.55. The van der Waals surface area contributed by atoms with Crippen LogP contribution in [0.25, 0.3) is 11.1 Å². The van der Waals surface area contributed by atoms with E-state index in [0.717, 1.165) is 27.9 Å². The van der Waals surface area contributed by atoms with E-state index in [0.29, 0.717) is 16.8 Å². The Hall–Kier alpha value is -5.64. The van der Waals surface area contributed by atoms with E-state index in [1.165, 1.54) is 0 Å². The molecular weight excluding hydrogens is 556 g/mol. The summed E-state index contributed by atoms with van der Waals surface area (Å²) in [7, 11) is 5.68. The molecule has 5 rings (SSSR count). The van der Waals surface area contributed by atoms with E-state index >= 15 is 0 Å². The number of nitrogens with one attached hydrogen (secondary N) is 1. The highest BCUT2D eigenvalue weighted by Gasteiger charge is 2.27. The number of pyridine rings is 1. The van der Waals surface area contributed by atoms with Gasteiger partial charge in [-0.15, -0.1) is 0 Å². The Morgan fingerprint density at radius 1 is 0.977 bits per heavy atom. The maximum atomic E-state index is 13.6. The van der Waals surface area contributed by atoms with Crippen LogP contribution in [-0.2, 0) is 23.2 Å². The average Bonchev–Trinajstić information content (AvgIpc) is 3.46. The molecule has 5 aromatic rings. The van der Waals surface area contributed by atoms with Gasteiger partial charge in [0.25, 0.3) is 5.91 Å². The predicted molar refractivity (Wildman–Crippen MR) is 170 cm³/mol. The highest BCUT2D eigenvalue weighted by Crippen LogP contribution is 2.32. The number of nitrogens with zero attached hydrogens (tertiary/aromatic N) is 4. The van der Waals surface area contributed by atoms with Gasteiger partial charge in [-0.3, -0.25) is 9.48 Å². The molecule has 0 saturated carbocycles. The van der Waals surface area contributed by atoms with Crippen LogP contribution in [0.2, 0.25) is 0 Å². The summed E-state index contributed by atoms with van der Waals surface area (Å²) in [6.07, 6.45) is 3.95. The SMILES string of the molecule is Cc1ccc(C(=O)Nc2cccc([C@@H](Oc3cc(-c4cnn(C)c4)cnc3N)C(=O)OCc3ccccc3)c2)cc1N(C)C. The molecular formula is C34H34N6O4. The maximum Gasteiger partial charge on any atom is 0.352 e. The van der Waals surface area contributed by atoms with Gasteiger partial charge in [0.05, 0.1) is 6.20 Å². The number of nitrogen functional groups attached to an aromatic ring is 1. The van der Waals surface area contributed by atoms with Crippen molar-refractivity contribution in [3.63, 3.8) is 0 Å². The highest BCUT2D eigenvalue weighted by molar-refractivity contribution is 6.05. The lowest BCUT2D eigenvalue weighted by Gasteiger charge is -2.20. The Bertz CT molecular complexity index is 1780. The molecule has 10 heteroatoms. The van der Waals surface area contributed by atoms with E-state index in [9.17, 15) is 9.59 Å². The first-order chi connectivity index (χ1) is 21.2. The zero-order valence-corrected chi connectivity index (χ0v) is 25.0. The van der Waals surface area contributed by atoms with Gasteiger partial charge in [-0.25, -0.2) is 9.78 Å². The Kier molecular flexibility index (Phi) is 8.90. The lowest BCUT2D eigenvalue weighted by molar-refractivity contribution is -0.153. The zero-order chi connectivity index (χ0) is 31.2. The monoisotopic (exact) mass is 590 g/mol. The van der Waals surface area contributed by atoms with Gasteiger partial charge >= 0.3 is 5.97 Å². The van der Waals surface area contributed by atoms with E-state index in [1.807, 2.05) is 81.6 Å². The van der Waals surface area contributed by atoms with Crippen molar-refractivity contribution in [3.05, 3.63) is 120 Å². The summed E-state index contributed by atoms with van der Waals surface area (Å²) >= 11 is 0. The minimum atomic E-state index is -1.21. The topological polar surface area (TPSA) is 125 Å². The number of carbonyl (C=O) groups is 2. The van der Waals surface area contributed by atoms with Crippen LogP contribution >= 0.6 is 0 Å². The van der Waals surface area contributed by atoms with Gasteiger partial charge in [-0.05, 0) is 48.4 Å². The summed E-state index contributed by atoms with van der Waals surface area (Å²) in [4.78, 5) is 33.0. The Labute approximate surface area is 256 Å². The number of aromatic nitrogens is 3. The van der Waals surface area contributed by atoms with Crippen molar-refractivity contribution in [3.8, 4) is 16.9 Å². The molecule has 224 valence electrons. The molecule has 2 aromatic heterocycles. The van der Waals surface area contributed by atoms with Crippen LogP contribution in [0.1, 0.15) is 33.2 Å². The number of rotatable bonds is 10. The number of aryl methyl sites for hydroxylation is 2. The van der Waals surface area contributed by atoms with Gasteiger partial charge < -0.3 is 25.4 Å². The molecule has 0 saturated heterocycles. The molecule has 3 aromatic carbocycles. The largest absolute Gasteiger partial charge is 0.470 e. The normalized spacial score (nSPS) is 11.5. The van der Waals surface area contributed by atoms with Crippen LogP contribution in [0, 0.1) is 6.92 Å². The number of amides is 1. The van der Waals surface area contributed by atoms with Crippen LogP contribution in [0.5, 0.6) is 5.75 Å². The number of esters is 1. The third kappa shape index (κ3) is 7.04. The molecule has 0 aliphatic carbocycles. The standard InChI is InChI=1S/C34H34N6O4/c1-22-13-14-25(16-29(22)39(2)3)33(41)38-28-12-8-11-24(15-28)31(34(42)43-21-23-9-6-5-7-10-23)44-30-17-26(18-36-32(30)35)27-19-37-40(4)20-27/h5-20,31H,21H2,1-4H3,(H2,35,36)(H,38,41)/t31-/m1/s1. The number of hydrogen-bond donors (Lipinski definition) is 2. The summed E-state index contributed by atoms with van der Waals surface area (Å²) in [5.74, 6) is -0.595. The van der Waals surface area contributed by atoms with Gasteiger partial charge in [0, 0.05) is 67.2 Å². The lowest BCUT2D eigenvalue weighted by Crippen LogP contribution is -2.22. The summed E-state index contributed by atoms with van der Waals surface area (Å²) in [6, 6.07) is 23.5. The molecule has 3 N–H and O–H groups in total. The number of carbonyl (C=O) groups excluding carboxylic acids is 2. The number of hydrogen-bond acceptors (Lipinski definition) is 8. The van der Waals surface area contributed by atoms with Gasteiger partial charge in [-0.2, -0.15) is 5.10 Å². The number of ether oxygens (including phenoxy) is 2. The highest BCUT2D eigenvalue weighted by atomic mass is 16.6. The Balaban J connectivity index is 1.44. The smallest absolute Gasteiger partial charge is 0.352 e.